The number of carbonyl (C=O) groups excluding carboxylic acids is 2. The lowest BCUT2D eigenvalue weighted by atomic mass is 10.2. The number of esters is 1. The summed E-state index contributed by atoms with van der Waals surface area (Å²) in [6.45, 7) is 2.77. The van der Waals surface area contributed by atoms with Gasteiger partial charge in [-0.05, 0) is 25.3 Å². The maximum Gasteiger partial charge on any atom is 0.305 e. The summed E-state index contributed by atoms with van der Waals surface area (Å²) in [7, 11) is 0. The van der Waals surface area contributed by atoms with Crippen LogP contribution in [0.5, 0.6) is 0 Å². The smallest absolute Gasteiger partial charge is 0.305 e. The van der Waals surface area contributed by atoms with E-state index in [1.807, 2.05) is 42.5 Å². The summed E-state index contributed by atoms with van der Waals surface area (Å²) in [5.74, 6) is -0.261. The molecule has 1 aromatic rings. The van der Waals surface area contributed by atoms with Crippen LogP contribution in [0.25, 0.3) is 6.08 Å². The van der Waals surface area contributed by atoms with Gasteiger partial charge in [-0.15, -0.1) is 0 Å². The van der Waals surface area contributed by atoms with Crippen molar-refractivity contribution in [2.75, 3.05) is 13.2 Å². The van der Waals surface area contributed by atoms with Gasteiger partial charge in [0.15, 0.2) is 0 Å². The highest BCUT2D eigenvalue weighted by atomic mass is 16.5. The predicted molar refractivity (Wildman–Crippen MR) is 83.6 cm³/mol. The molecule has 0 fully saturated rings. The van der Waals surface area contributed by atoms with E-state index in [1.165, 1.54) is 0 Å². The largest absolute Gasteiger partial charge is 0.466 e. The van der Waals surface area contributed by atoms with Gasteiger partial charge in [0.2, 0.25) is 5.91 Å². The minimum atomic E-state index is -0.240. The molecule has 0 aromatic heterocycles. The van der Waals surface area contributed by atoms with E-state index in [1.54, 1.807) is 6.92 Å². The number of nitrogens with one attached hydrogen (secondary N) is 1. The first-order valence-corrected chi connectivity index (χ1v) is 7.36. The van der Waals surface area contributed by atoms with Crippen LogP contribution in [0.1, 0.15) is 38.2 Å². The monoisotopic (exact) mass is 289 g/mol. The Morgan fingerprint density at radius 1 is 1.19 bits per heavy atom. The molecule has 0 radical (unpaired) electrons. The number of hydrogen-bond acceptors (Lipinski definition) is 3. The molecule has 0 saturated heterocycles. The fraction of sp³-hybridized carbons (Fsp3) is 0.412. The molecular weight excluding hydrogens is 266 g/mol. The fourth-order valence-electron chi connectivity index (χ4n) is 1.79. The van der Waals surface area contributed by atoms with E-state index in [4.69, 9.17) is 4.74 Å². The third kappa shape index (κ3) is 8.63. The fourth-order valence-corrected chi connectivity index (χ4v) is 1.79. The summed E-state index contributed by atoms with van der Waals surface area (Å²) >= 11 is 0. The zero-order valence-corrected chi connectivity index (χ0v) is 12.5. The van der Waals surface area contributed by atoms with E-state index >= 15 is 0 Å². The van der Waals surface area contributed by atoms with Gasteiger partial charge in [-0.2, -0.15) is 0 Å². The topological polar surface area (TPSA) is 55.4 Å². The highest BCUT2D eigenvalue weighted by molar-refractivity contribution is 5.77. The van der Waals surface area contributed by atoms with Crippen molar-refractivity contribution in [1.82, 2.24) is 5.32 Å². The van der Waals surface area contributed by atoms with Crippen LogP contribution < -0.4 is 5.32 Å². The molecule has 4 nitrogen and oxygen atoms in total. The lowest BCUT2D eigenvalue weighted by Gasteiger charge is -2.03. The van der Waals surface area contributed by atoms with Gasteiger partial charge in [0.1, 0.15) is 0 Å². The summed E-state index contributed by atoms with van der Waals surface area (Å²) in [5, 5.41) is 2.83. The molecule has 1 aromatic carbocycles. The minimum Gasteiger partial charge on any atom is -0.466 e. The minimum absolute atomic E-state index is 0.0209. The Kier molecular flexibility index (Phi) is 8.61. The normalized spacial score (nSPS) is 10.5. The zero-order chi connectivity index (χ0) is 15.3. The molecule has 0 heterocycles. The molecule has 21 heavy (non-hydrogen) atoms. The number of carbonyl (C=O) groups is 2. The van der Waals surface area contributed by atoms with E-state index in [9.17, 15) is 9.59 Å². The second kappa shape index (κ2) is 10.7. The van der Waals surface area contributed by atoms with Gasteiger partial charge < -0.3 is 10.1 Å². The average molecular weight is 289 g/mol. The second-order valence-electron chi connectivity index (χ2n) is 4.61. The van der Waals surface area contributed by atoms with Crippen LogP contribution in [-0.4, -0.2) is 25.0 Å². The average Bonchev–Trinajstić information content (AvgIpc) is 2.48. The highest BCUT2D eigenvalue weighted by Gasteiger charge is 2.04. The van der Waals surface area contributed by atoms with Crippen LogP contribution in [0.4, 0.5) is 0 Å². The van der Waals surface area contributed by atoms with Crippen LogP contribution >= 0.6 is 0 Å². The van der Waals surface area contributed by atoms with Crippen molar-refractivity contribution in [3.8, 4) is 0 Å². The van der Waals surface area contributed by atoms with Crippen LogP contribution in [-0.2, 0) is 14.3 Å². The Bertz CT molecular complexity index is 454. The van der Waals surface area contributed by atoms with Gasteiger partial charge >= 0.3 is 5.97 Å². The maximum atomic E-state index is 11.5. The quantitative estimate of drug-likeness (QED) is 0.562. The van der Waals surface area contributed by atoms with E-state index in [0.717, 1.165) is 12.0 Å². The van der Waals surface area contributed by atoms with E-state index in [2.05, 4.69) is 5.32 Å². The number of hydrogen-bond donors (Lipinski definition) is 1. The molecule has 0 aliphatic heterocycles. The van der Waals surface area contributed by atoms with Gasteiger partial charge in [-0.3, -0.25) is 9.59 Å². The second-order valence-corrected chi connectivity index (χ2v) is 4.61. The van der Waals surface area contributed by atoms with Crippen molar-refractivity contribution >= 4 is 18.0 Å². The number of rotatable bonds is 9. The van der Waals surface area contributed by atoms with Crippen LogP contribution in [0, 0.1) is 0 Å². The van der Waals surface area contributed by atoms with Gasteiger partial charge in [0.05, 0.1) is 6.61 Å². The number of ether oxygens (including phenoxy) is 1. The van der Waals surface area contributed by atoms with E-state index in [-0.39, 0.29) is 11.9 Å². The van der Waals surface area contributed by atoms with Crippen LogP contribution in [0.3, 0.4) is 0 Å². The Morgan fingerprint density at radius 2 is 1.95 bits per heavy atom. The van der Waals surface area contributed by atoms with Gasteiger partial charge in [0, 0.05) is 19.4 Å². The first kappa shape index (κ1) is 17.0. The molecule has 1 rings (SSSR count). The van der Waals surface area contributed by atoms with Gasteiger partial charge in [-0.1, -0.05) is 42.5 Å². The third-order valence-corrected chi connectivity index (χ3v) is 2.83. The molecule has 1 amide bonds. The molecule has 4 heteroatoms. The molecule has 0 atom stereocenters. The molecule has 0 unspecified atom stereocenters. The van der Waals surface area contributed by atoms with Crippen molar-refractivity contribution in [3.63, 3.8) is 0 Å². The van der Waals surface area contributed by atoms with Crippen LogP contribution in [0.2, 0.25) is 0 Å². The summed E-state index contributed by atoms with van der Waals surface area (Å²) in [5.41, 5.74) is 1.15. The first-order chi connectivity index (χ1) is 10.2. The summed E-state index contributed by atoms with van der Waals surface area (Å²) in [6, 6.07) is 10.0. The van der Waals surface area contributed by atoms with Crippen molar-refractivity contribution in [2.24, 2.45) is 0 Å². The first-order valence-electron chi connectivity index (χ1n) is 7.36. The number of amides is 1. The maximum absolute atomic E-state index is 11.5. The molecule has 0 aliphatic carbocycles. The Hall–Kier alpha value is -2.10. The summed E-state index contributed by atoms with van der Waals surface area (Å²) in [6.07, 6.45) is 6.06. The van der Waals surface area contributed by atoms with Crippen molar-refractivity contribution in [2.45, 2.75) is 32.6 Å². The van der Waals surface area contributed by atoms with Gasteiger partial charge in [0.25, 0.3) is 0 Å². The van der Waals surface area contributed by atoms with Crippen molar-refractivity contribution in [1.29, 1.82) is 0 Å². The third-order valence-electron chi connectivity index (χ3n) is 2.83. The Balaban J connectivity index is 2.06. The molecule has 114 valence electrons. The number of benzene rings is 1. The zero-order valence-electron chi connectivity index (χ0n) is 12.5. The lowest BCUT2D eigenvalue weighted by Crippen LogP contribution is -2.23. The van der Waals surface area contributed by atoms with E-state index < -0.39 is 0 Å². The molecular formula is C17H23NO3. The molecule has 1 N–H and O–H groups in total. The Morgan fingerprint density at radius 3 is 2.67 bits per heavy atom. The van der Waals surface area contributed by atoms with Gasteiger partial charge in [-0.25, -0.2) is 0 Å². The van der Waals surface area contributed by atoms with Crippen LogP contribution in [0.15, 0.2) is 36.4 Å². The predicted octanol–water partition coefficient (Wildman–Crippen LogP) is 2.94. The standard InChI is InChI=1S/C17H23NO3/c1-2-21-17(20)13-8-12-16(19)18-14-7-6-11-15-9-4-3-5-10-15/h3-6,9-11H,2,7-8,12-14H2,1H3,(H,18,19)/b11-6+. The molecule has 0 aliphatic rings. The Labute approximate surface area is 126 Å². The molecule has 0 spiro atoms. The molecule has 0 bridgehead atoms. The van der Waals surface area contributed by atoms with Crippen molar-refractivity contribution in [3.05, 3.63) is 42.0 Å². The lowest BCUT2D eigenvalue weighted by molar-refractivity contribution is -0.143. The van der Waals surface area contributed by atoms with Crippen molar-refractivity contribution < 1.29 is 14.3 Å². The highest BCUT2D eigenvalue weighted by Crippen LogP contribution is 2.01. The summed E-state index contributed by atoms with van der Waals surface area (Å²) in [4.78, 5) is 22.6. The summed E-state index contributed by atoms with van der Waals surface area (Å²) < 4.78 is 4.80. The molecule has 0 saturated carbocycles. The van der Waals surface area contributed by atoms with E-state index in [0.29, 0.717) is 32.4 Å². The SMILES string of the molecule is CCOC(=O)CCCC(=O)NCC/C=C/c1ccccc1.